The van der Waals surface area contributed by atoms with Crippen LogP contribution in [0.3, 0.4) is 0 Å². The lowest BCUT2D eigenvalue weighted by Crippen LogP contribution is -2.54. The lowest BCUT2D eigenvalue weighted by atomic mass is 9.73. The van der Waals surface area contributed by atoms with Crippen LogP contribution in [-0.4, -0.2) is 54.2 Å². The molecule has 0 aromatic heterocycles. The minimum absolute atomic E-state index is 0.00352. The van der Waals surface area contributed by atoms with Crippen molar-refractivity contribution in [3.05, 3.63) is 18.2 Å². The number of amides is 4. The third-order valence-electron chi connectivity index (χ3n) is 5.81. The Kier molecular flexibility index (Phi) is 5.23. The van der Waals surface area contributed by atoms with Gasteiger partial charge in [-0.15, -0.1) is 0 Å². The van der Waals surface area contributed by atoms with Gasteiger partial charge in [-0.2, -0.15) is 0 Å². The summed E-state index contributed by atoms with van der Waals surface area (Å²) in [4.78, 5) is 50.2. The number of imide groups is 1. The molecule has 1 spiro atoms. The molecule has 10 heteroatoms. The molecule has 30 heavy (non-hydrogen) atoms. The second-order valence-electron chi connectivity index (χ2n) is 7.72. The van der Waals surface area contributed by atoms with Gasteiger partial charge in [0.25, 0.3) is 11.8 Å². The maximum absolute atomic E-state index is 12.8. The molecule has 0 unspecified atom stereocenters. The first-order valence-electron chi connectivity index (χ1n) is 9.88. The number of esters is 1. The molecule has 2 atom stereocenters. The van der Waals surface area contributed by atoms with Crippen molar-refractivity contribution in [2.24, 2.45) is 5.92 Å². The van der Waals surface area contributed by atoms with E-state index in [9.17, 15) is 19.2 Å². The molecule has 4 rings (SSSR count). The molecule has 1 aromatic rings. The number of ether oxygens (including phenoxy) is 3. The molecule has 0 radical (unpaired) electrons. The highest BCUT2D eigenvalue weighted by atomic mass is 16.7. The zero-order chi connectivity index (χ0) is 21.3. The summed E-state index contributed by atoms with van der Waals surface area (Å²) in [6.07, 6.45) is 3.24. The van der Waals surface area contributed by atoms with E-state index in [-0.39, 0.29) is 12.7 Å². The predicted molar refractivity (Wildman–Crippen MR) is 103 cm³/mol. The number of hydrogen-bond acceptors (Lipinski definition) is 7. The Morgan fingerprint density at radius 2 is 2.07 bits per heavy atom. The molecular formula is C20H23N3O7. The Bertz CT molecular complexity index is 902. The molecule has 1 saturated heterocycles. The van der Waals surface area contributed by atoms with Gasteiger partial charge >= 0.3 is 12.0 Å². The molecular weight excluding hydrogens is 394 g/mol. The fourth-order valence-electron chi connectivity index (χ4n) is 4.13. The number of urea groups is 1. The van der Waals surface area contributed by atoms with E-state index in [0.29, 0.717) is 23.6 Å². The zero-order valence-electron chi connectivity index (χ0n) is 16.6. The first kappa shape index (κ1) is 20.0. The van der Waals surface area contributed by atoms with Crippen molar-refractivity contribution in [3.8, 4) is 11.5 Å². The molecule has 3 aliphatic rings. The Hall–Kier alpha value is -3.30. The summed E-state index contributed by atoms with van der Waals surface area (Å²) in [6.45, 7) is 0.974. The van der Waals surface area contributed by atoms with Crippen molar-refractivity contribution in [2.45, 2.75) is 38.1 Å². The van der Waals surface area contributed by atoms with E-state index in [1.807, 2.05) is 6.92 Å². The van der Waals surface area contributed by atoms with Gasteiger partial charge in [-0.1, -0.05) is 19.8 Å². The van der Waals surface area contributed by atoms with E-state index in [0.717, 1.165) is 24.2 Å². The molecule has 2 N–H and O–H groups in total. The number of hydrogen-bond donors (Lipinski definition) is 2. The number of carbonyl (C=O) groups excluding carboxylic acids is 4. The highest BCUT2D eigenvalue weighted by Gasteiger charge is 2.55. The summed E-state index contributed by atoms with van der Waals surface area (Å²) in [5.41, 5.74) is -0.477. The molecule has 160 valence electrons. The second-order valence-corrected chi connectivity index (χ2v) is 7.72. The number of carbonyl (C=O) groups is 4. The lowest BCUT2D eigenvalue weighted by molar-refractivity contribution is -0.150. The van der Waals surface area contributed by atoms with E-state index in [1.165, 1.54) is 0 Å². The number of benzene rings is 1. The van der Waals surface area contributed by atoms with Crippen LogP contribution in [0.15, 0.2) is 18.2 Å². The smallest absolute Gasteiger partial charge is 0.326 e. The fourth-order valence-corrected chi connectivity index (χ4v) is 4.13. The Morgan fingerprint density at radius 1 is 1.27 bits per heavy atom. The van der Waals surface area contributed by atoms with Crippen LogP contribution in [-0.2, 0) is 19.1 Å². The lowest BCUT2D eigenvalue weighted by Gasteiger charge is -2.36. The fraction of sp³-hybridized carbons (Fsp3) is 0.500. The number of rotatable bonds is 5. The summed E-state index contributed by atoms with van der Waals surface area (Å²) in [5.74, 6) is -0.707. The van der Waals surface area contributed by atoms with Crippen molar-refractivity contribution in [1.82, 2.24) is 10.2 Å². The summed E-state index contributed by atoms with van der Waals surface area (Å²) in [6, 6.07) is 4.28. The molecule has 1 aromatic carbocycles. The van der Waals surface area contributed by atoms with Gasteiger partial charge in [0.05, 0.1) is 0 Å². The average molecular weight is 417 g/mol. The van der Waals surface area contributed by atoms with E-state index < -0.39 is 42.5 Å². The number of nitrogens with one attached hydrogen (secondary N) is 2. The molecule has 0 bridgehead atoms. The summed E-state index contributed by atoms with van der Waals surface area (Å²) < 4.78 is 15.4. The Balaban J connectivity index is 1.29. The normalized spacial score (nSPS) is 24.7. The van der Waals surface area contributed by atoms with Crippen molar-refractivity contribution in [3.63, 3.8) is 0 Å². The highest BCUT2D eigenvalue weighted by molar-refractivity contribution is 6.09. The van der Waals surface area contributed by atoms with Gasteiger partial charge in [0, 0.05) is 11.8 Å². The van der Waals surface area contributed by atoms with Gasteiger partial charge in [-0.25, -0.2) is 4.79 Å². The average Bonchev–Trinajstić information content (AvgIpc) is 3.27. The van der Waals surface area contributed by atoms with Crippen LogP contribution in [0.4, 0.5) is 10.5 Å². The first-order chi connectivity index (χ1) is 14.4. The van der Waals surface area contributed by atoms with Crippen molar-refractivity contribution in [2.75, 3.05) is 25.3 Å². The third-order valence-corrected chi connectivity index (χ3v) is 5.81. The minimum atomic E-state index is -0.938. The van der Waals surface area contributed by atoms with Gasteiger partial charge in [-0.3, -0.25) is 19.3 Å². The van der Waals surface area contributed by atoms with Crippen molar-refractivity contribution >= 4 is 29.5 Å². The van der Waals surface area contributed by atoms with Crippen molar-refractivity contribution < 1.29 is 33.4 Å². The van der Waals surface area contributed by atoms with E-state index in [2.05, 4.69) is 10.6 Å². The SMILES string of the molecule is C[C@H]1CCCC[C@@]12NC(=O)N(CC(=O)OCC(=O)Nc1ccc3c(c1)OCO3)C2=O. The van der Waals surface area contributed by atoms with Crippen LogP contribution in [0.25, 0.3) is 0 Å². The second kappa shape index (κ2) is 7.85. The largest absolute Gasteiger partial charge is 0.454 e. The Morgan fingerprint density at radius 3 is 2.87 bits per heavy atom. The van der Waals surface area contributed by atoms with E-state index in [4.69, 9.17) is 14.2 Å². The number of nitrogens with zero attached hydrogens (tertiary/aromatic N) is 1. The molecule has 10 nitrogen and oxygen atoms in total. The number of anilines is 1. The van der Waals surface area contributed by atoms with Crippen LogP contribution >= 0.6 is 0 Å². The monoisotopic (exact) mass is 417 g/mol. The van der Waals surface area contributed by atoms with Crippen LogP contribution in [0, 0.1) is 5.92 Å². The molecule has 2 aliphatic heterocycles. The zero-order valence-corrected chi connectivity index (χ0v) is 16.6. The standard InChI is InChI=1S/C20H23N3O7/c1-12-4-2-3-7-20(12)18(26)23(19(27)22-20)9-17(25)28-10-16(24)21-13-5-6-14-15(8-13)30-11-29-14/h5-6,8,12H,2-4,7,9-11H2,1H3,(H,21,24)(H,22,27)/t12-,20+/m0/s1. The van der Waals surface area contributed by atoms with Crippen LogP contribution < -0.4 is 20.1 Å². The van der Waals surface area contributed by atoms with Gasteiger partial charge in [0.2, 0.25) is 6.79 Å². The van der Waals surface area contributed by atoms with Gasteiger partial charge in [0.15, 0.2) is 18.1 Å². The van der Waals surface area contributed by atoms with Crippen molar-refractivity contribution in [1.29, 1.82) is 0 Å². The third kappa shape index (κ3) is 3.64. The molecule has 1 aliphatic carbocycles. The maximum atomic E-state index is 12.8. The molecule has 2 fully saturated rings. The first-order valence-corrected chi connectivity index (χ1v) is 9.88. The van der Waals surface area contributed by atoms with E-state index in [1.54, 1.807) is 18.2 Å². The summed E-state index contributed by atoms with van der Waals surface area (Å²) >= 11 is 0. The van der Waals surface area contributed by atoms with Crippen LogP contribution in [0.2, 0.25) is 0 Å². The topological polar surface area (TPSA) is 123 Å². The summed E-state index contributed by atoms with van der Waals surface area (Å²) in [5, 5.41) is 5.35. The van der Waals surface area contributed by atoms with E-state index >= 15 is 0 Å². The molecule has 1 saturated carbocycles. The molecule has 4 amide bonds. The van der Waals surface area contributed by atoms with Crippen LogP contribution in [0.5, 0.6) is 11.5 Å². The molecule has 2 heterocycles. The minimum Gasteiger partial charge on any atom is -0.454 e. The highest BCUT2D eigenvalue weighted by Crippen LogP contribution is 2.38. The Labute approximate surface area is 172 Å². The summed E-state index contributed by atoms with van der Waals surface area (Å²) in [7, 11) is 0. The van der Waals surface area contributed by atoms with Gasteiger partial charge < -0.3 is 24.8 Å². The maximum Gasteiger partial charge on any atom is 0.326 e. The predicted octanol–water partition coefficient (Wildman–Crippen LogP) is 1.40. The van der Waals surface area contributed by atoms with Gasteiger partial charge in [-0.05, 0) is 30.9 Å². The van der Waals surface area contributed by atoms with Gasteiger partial charge in [0.1, 0.15) is 12.1 Å². The van der Waals surface area contributed by atoms with Crippen LogP contribution in [0.1, 0.15) is 32.6 Å². The quantitative estimate of drug-likeness (QED) is 0.548. The number of fused-ring (bicyclic) bond motifs is 1.